The van der Waals surface area contributed by atoms with E-state index in [4.69, 9.17) is 14.3 Å². The Hall–Kier alpha value is 0.250. The molecule has 0 radical (unpaired) electrons. The molecule has 0 aromatic rings. The Morgan fingerprint density at radius 2 is 1.70 bits per heavy atom. The Bertz CT molecular complexity index is 468. The summed E-state index contributed by atoms with van der Waals surface area (Å²) in [6, 6.07) is 0. The van der Waals surface area contributed by atoms with Gasteiger partial charge in [0.2, 0.25) is 7.37 Å². The molecule has 1 unspecified atom stereocenters. The van der Waals surface area contributed by atoms with Crippen LogP contribution >= 0.6 is 15.0 Å². The van der Waals surface area contributed by atoms with Crippen LogP contribution in [0.3, 0.4) is 0 Å². The summed E-state index contributed by atoms with van der Waals surface area (Å²) in [6.45, 7) is 1.76. The molecule has 11 heteroatoms. The molecule has 0 amide bonds. The third-order valence-corrected chi connectivity index (χ3v) is 7.72. The minimum absolute atomic E-state index is 0.0380. The number of hydrogen-bond acceptors (Lipinski definition) is 6. The molecule has 0 saturated heterocycles. The average molecular weight is 352 g/mol. The number of hydrogen-bond donors (Lipinski definition) is 2. The first-order valence-corrected chi connectivity index (χ1v) is 11.7. The van der Waals surface area contributed by atoms with E-state index in [1.807, 2.05) is 0 Å². The standard InChI is InChI=1S/C9H22O8P2S/c1-3-16-18(10,9-19(11,12)13)8-6-4-5-7-17-20(2,14)15/h3-9H2,1-2H3,(H2,11,12,13). The second kappa shape index (κ2) is 8.63. The van der Waals surface area contributed by atoms with Gasteiger partial charge in [-0.1, -0.05) is 6.42 Å². The van der Waals surface area contributed by atoms with Crippen molar-refractivity contribution in [3.05, 3.63) is 0 Å². The van der Waals surface area contributed by atoms with Gasteiger partial charge in [-0.15, -0.1) is 0 Å². The van der Waals surface area contributed by atoms with Gasteiger partial charge in [0, 0.05) is 6.16 Å². The molecule has 0 aromatic carbocycles. The molecule has 0 aliphatic carbocycles. The first-order chi connectivity index (χ1) is 8.97. The van der Waals surface area contributed by atoms with Crippen LogP contribution in [0.2, 0.25) is 0 Å². The van der Waals surface area contributed by atoms with Crippen LogP contribution in [0.4, 0.5) is 0 Å². The van der Waals surface area contributed by atoms with Crippen LogP contribution in [0, 0.1) is 0 Å². The smallest absolute Gasteiger partial charge is 0.328 e. The first kappa shape index (κ1) is 20.2. The third kappa shape index (κ3) is 12.0. The normalized spacial score (nSPS) is 16.0. The molecule has 0 spiro atoms. The highest BCUT2D eigenvalue weighted by Gasteiger charge is 2.31. The topological polar surface area (TPSA) is 127 Å². The van der Waals surface area contributed by atoms with Gasteiger partial charge in [-0.2, -0.15) is 8.42 Å². The van der Waals surface area contributed by atoms with Gasteiger partial charge in [-0.05, 0) is 19.8 Å². The second-order valence-corrected chi connectivity index (χ2v) is 10.8. The zero-order valence-corrected chi connectivity index (χ0v) is 14.2. The number of rotatable bonds is 11. The van der Waals surface area contributed by atoms with Crippen molar-refractivity contribution >= 4 is 25.1 Å². The molecule has 0 saturated carbocycles. The van der Waals surface area contributed by atoms with Gasteiger partial charge in [0.05, 0.1) is 19.5 Å². The van der Waals surface area contributed by atoms with Crippen molar-refractivity contribution in [3.63, 3.8) is 0 Å². The molecule has 0 rings (SSSR count). The van der Waals surface area contributed by atoms with E-state index in [1.165, 1.54) is 0 Å². The van der Waals surface area contributed by atoms with Gasteiger partial charge in [0.15, 0.2) is 0 Å². The Balaban J connectivity index is 4.10. The fraction of sp³-hybridized carbons (Fsp3) is 1.00. The van der Waals surface area contributed by atoms with Crippen molar-refractivity contribution < 1.29 is 36.0 Å². The molecule has 2 N–H and O–H groups in total. The maximum Gasteiger partial charge on any atom is 0.335 e. The van der Waals surface area contributed by atoms with Crippen LogP contribution in [0.15, 0.2) is 0 Å². The fourth-order valence-electron chi connectivity index (χ4n) is 1.53. The maximum absolute atomic E-state index is 12.2. The zero-order chi connectivity index (χ0) is 15.9. The minimum Gasteiger partial charge on any atom is -0.328 e. The molecule has 0 aliphatic heterocycles. The molecule has 1 atom stereocenters. The van der Waals surface area contributed by atoms with Crippen molar-refractivity contribution in [1.29, 1.82) is 0 Å². The van der Waals surface area contributed by atoms with Crippen molar-refractivity contribution in [2.75, 3.05) is 31.5 Å². The lowest BCUT2D eigenvalue weighted by Gasteiger charge is -2.18. The van der Waals surface area contributed by atoms with Gasteiger partial charge in [-0.3, -0.25) is 13.3 Å². The van der Waals surface area contributed by atoms with Crippen molar-refractivity contribution in [1.82, 2.24) is 0 Å². The summed E-state index contributed by atoms with van der Waals surface area (Å²) >= 11 is 0. The molecule has 0 aromatic heterocycles. The van der Waals surface area contributed by atoms with Crippen LogP contribution in [0.1, 0.15) is 26.2 Å². The van der Waals surface area contributed by atoms with Crippen molar-refractivity contribution in [2.24, 2.45) is 0 Å². The quantitative estimate of drug-likeness (QED) is 0.326. The van der Waals surface area contributed by atoms with Crippen LogP contribution in [-0.4, -0.2) is 49.7 Å². The van der Waals surface area contributed by atoms with E-state index < -0.39 is 31.0 Å². The van der Waals surface area contributed by atoms with E-state index in [2.05, 4.69) is 4.18 Å². The largest absolute Gasteiger partial charge is 0.335 e. The van der Waals surface area contributed by atoms with E-state index in [-0.39, 0.29) is 19.4 Å². The van der Waals surface area contributed by atoms with Crippen LogP contribution < -0.4 is 0 Å². The van der Waals surface area contributed by atoms with E-state index in [0.29, 0.717) is 19.3 Å². The molecule has 0 aliphatic rings. The SMILES string of the molecule is CCOP(=O)(CCCCCOS(C)(=O)=O)CP(=O)(O)O. The molecule has 20 heavy (non-hydrogen) atoms. The van der Waals surface area contributed by atoms with E-state index in [1.54, 1.807) is 6.92 Å². The van der Waals surface area contributed by atoms with Gasteiger partial charge in [-0.25, -0.2) is 0 Å². The lowest BCUT2D eigenvalue weighted by atomic mass is 10.3. The van der Waals surface area contributed by atoms with Gasteiger partial charge in [0.1, 0.15) is 5.90 Å². The van der Waals surface area contributed by atoms with Crippen LogP contribution in [0.25, 0.3) is 0 Å². The fourth-order valence-corrected chi connectivity index (χ4v) is 6.40. The predicted octanol–water partition coefficient (Wildman–Crippen LogP) is 1.58. The molecule has 0 fully saturated rings. The molecule has 122 valence electrons. The second-order valence-electron chi connectivity index (χ2n) is 4.35. The third-order valence-electron chi connectivity index (χ3n) is 2.20. The summed E-state index contributed by atoms with van der Waals surface area (Å²) in [7, 11) is -11.2. The van der Waals surface area contributed by atoms with Crippen molar-refractivity contribution in [2.45, 2.75) is 26.2 Å². The summed E-state index contributed by atoms with van der Waals surface area (Å²) in [5, 5.41) is 0. The Morgan fingerprint density at radius 1 is 1.10 bits per heavy atom. The first-order valence-electron chi connectivity index (χ1n) is 6.09. The lowest BCUT2D eigenvalue weighted by Crippen LogP contribution is -2.05. The molecular formula is C9H22O8P2S. The number of unbranched alkanes of at least 4 members (excludes halogenated alkanes) is 2. The molecule has 0 bridgehead atoms. The van der Waals surface area contributed by atoms with Gasteiger partial charge < -0.3 is 14.3 Å². The highest BCUT2D eigenvalue weighted by atomic mass is 32.2. The Labute approximate surface area is 119 Å². The summed E-state index contributed by atoms with van der Waals surface area (Å²) < 4.78 is 54.0. The van der Waals surface area contributed by atoms with Crippen molar-refractivity contribution in [3.8, 4) is 0 Å². The lowest BCUT2D eigenvalue weighted by molar-refractivity contribution is 0.308. The summed E-state index contributed by atoms with van der Waals surface area (Å²) in [4.78, 5) is 17.8. The van der Waals surface area contributed by atoms with E-state index >= 15 is 0 Å². The van der Waals surface area contributed by atoms with E-state index in [9.17, 15) is 17.5 Å². The highest BCUT2D eigenvalue weighted by Crippen LogP contribution is 2.58. The van der Waals surface area contributed by atoms with Crippen LogP contribution in [0.5, 0.6) is 0 Å². The Morgan fingerprint density at radius 3 is 2.15 bits per heavy atom. The summed E-state index contributed by atoms with van der Waals surface area (Å²) in [5.74, 6) is -0.756. The highest BCUT2D eigenvalue weighted by molar-refractivity contribution is 7.86. The Kier molecular flexibility index (Phi) is 8.74. The molecular weight excluding hydrogens is 330 g/mol. The predicted molar refractivity (Wildman–Crippen MR) is 75.7 cm³/mol. The monoisotopic (exact) mass is 352 g/mol. The van der Waals surface area contributed by atoms with Crippen LogP contribution in [-0.2, 0) is 28.0 Å². The van der Waals surface area contributed by atoms with Gasteiger partial charge >= 0.3 is 7.60 Å². The summed E-state index contributed by atoms with van der Waals surface area (Å²) in [6.07, 6.45) is 2.42. The zero-order valence-electron chi connectivity index (χ0n) is 11.6. The maximum atomic E-state index is 12.2. The van der Waals surface area contributed by atoms with Gasteiger partial charge in [0.25, 0.3) is 10.1 Å². The minimum atomic E-state index is -4.39. The molecule has 8 nitrogen and oxygen atoms in total. The average Bonchev–Trinajstić information content (AvgIpc) is 2.19. The summed E-state index contributed by atoms with van der Waals surface area (Å²) in [5.41, 5.74) is 0. The van der Waals surface area contributed by atoms with E-state index in [0.717, 1.165) is 6.26 Å². The molecule has 0 heterocycles.